The molecule has 0 aromatic heterocycles. The van der Waals surface area contributed by atoms with E-state index in [4.69, 9.17) is 5.11 Å². The zero-order valence-corrected chi connectivity index (χ0v) is 5.85. The molecule has 54 valence electrons. The van der Waals surface area contributed by atoms with Crippen molar-refractivity contribution in [2.45, 2.75) is 32.9 Å². The second-order valence-electron chi connectivity index (χ2n) is 1.99. The number of carbonyl (C=O) groups excluding carboxylic acids is 1. The molecule has 0 bridgehead atoms. The number of aliphatic hydroxyl groups is 1. The van der Waals surface area contributed by atoms with Crippen molar-refractivity contribution in [3.63, 3.8) is 0 Å². The second kappa shape index (κ2) is 4.32. The third kappa shape index (κ3) is 5.30. The molecule has 1 amide bonds. The van der Waals surface area contributed by atoms with E-state index in [1.54, 1.807) is 0 Å². The van der Waals surface area contributed by atoms with Gasteiger partial charge in [-0.25, -0.2) is 0 Å². The van der Waals surface area contributed by atoms with Gasteiger partial charge in [0.1, 0.15) is 6.23 Å². The maximum atomic E-state index is 10.6. The Morgan fingerprint density at radius 1 is 1.78 bits per heavy atom. The molecular weight excluding hydrogens is 118 g/mol. The van der Waals surface area contributed by atoms with Crippen LogP contribution < -0.4 is 5.32 Å². The topological polar surface area (TPSA) is 49.3 Å². The minimum atomic E-state index is -0.718. The van der Waals surface area contributed by atoms with E-state index in [1.807, 2.05) is 6.92 Å². The maximum absolute atomic E-state index is 10.6. The van der Waals surface area contributed by atoms with Crippen LogP contribution in [0.25, 0.3) is 0 Å². The smallest absolute Gasteiger partial charge is 0.221 e. The van der Waals surface area contributed by atoms with Crippen LogP contribution in [0, 0.1) is 0 Å². The summed E-state index contributed by atoms with van der Waals surface area (Å²) in [6.45, 7) is 3.44. The maximum Gasteiger partial charge on any atom is 0.221 e. The molecule has 3 heteroatoms. The number of aliphatic hydroxyl groups excluding tert-OH is 1. The van der Waals surface area contributed by atoms with Gasteiger partial charge in [0.2, 0.25) is 5.91 Å². The van der Waals surface area contributed by atoms with Crippen molar-refractivity contribution in [2.24, 2.45) is 0 Å². The van der Waals surface area contributed by atoms with Gasteiger partial charge in [0.25, 0.3) is 0 Å². The van der Waals surface area contributed by atoms with Crippen LogP contribution in [0.4, 0.5) is 0 Å². The number of carbonyl (C=O) groups is 1. The SMILES string of the molecule is CCCC(=O)NC(C)O. The van der Waals surface area contributed by atoms with E-state index >= 15 is 0 Å². The summed E-state index contributed by atoms with van der Waals surface area (Å²) in [5, 5.41) is 11.0. The van der Waals surface area contributed by atoms with Gasteiger partial charge in [0.05, 0.1) is 0 Å². The minimum absolute atomic E-state index is 0.0903. The molecule has 0 saturated heterocycles. The lowest BCUT2D eigenvalue weighted by atomic mass is 10.3. The van der Waals surface area contributed by atoms with Crippen LogP contribution >= 0.6 is 0 Å². The molecule has 0 heterocycles. The van der Waals surface area contributed by atoms with E-state index < -0.39 is 6.23 Å². The Hall–Kier alpha value is -0.570. The largest absolute Gasteiger partial charge is 0.374 e. The predicted octanol–water partition coefficient (Wildman–Crippen LogP) is 0.241. The Bertz CT molecular complexity index is 91.1. The van der Waals surface area contributed by atoms with Gasteiger partial charge in [-0.1, -0.05) is 6.92 Å². The molecule has 0 aliphatic carbocycles. The van der Waals surface area contributed by atoms with E-state index in [1.165, 1.54) is 6.92 Å². The van der Waals surface area contributed by atoms with Crippen LogP contribution in [0.3, 0.4) is 0 Å². The first-order chi connectivity index (χ1) is 4.16. The van der Waals surface area contributed by atoms with Gasteiger partial charge < -0.3 is 10.4 Å². The summed E-state index contributed by atoms with van der Waals surface area (Å²) >= 11 is 0. The second-order valence-corrected chi connectivity index (χ2v) is 1.99. The summed E-state index contributed by atoms with van der Waals surface area (Å²) in [5.41, 5.74) is 0. The molecule has 0 saturated carbocycles. The van der Waals surface area contributed by atoms with Crippen LogP contribution in [-0.2, 0) is 4.79 Å². The van der Waals surface area contributed by atoms with Gasteiger partial charge in [0.15, 0.2) is 0 Å². The predicted molar refractivity (Wildman–Crippen MR) is 34.7 cm³/mol. The number of rotatable bonds is 3. The molecule has 0 aromatic rings. The van der Waals surface area contributed by atoms with Gasteiger partial charge in [-0.05, 0) is 13.3 Å². The van der Waals surface area contributed by atoms with Crippen molar-refractivity contribution in [3.8, 4) is 0 Å². The molecule has 9 heavy (non-hydrogen) atoms. The zero-order chi connectivity index (χ0) is 7.28. The van der Waals surface area contributed by atoms with Gasteiger partial charge in [-0.15, -0.1) is 0 Å². The number of hydrogen-bond acceptors (Lipinski definition) is 2. The molecule has 0 aliphatic rings. The summed E-state index contributed by atoms with van der Waals surface area (Å²) in [5.74, 6) is -0.0903. The molecule has 1 atom stereocenters. The highest BCUT2D eigenvalue weighted by atomic mass is 16.3. The highest BCUT2D eigenvalue weighted by Gasteiger charge is 1.99. The van der Waals surface area contributed by atoms with Crippen molar-refractivity contribution in [1.82, 2.24) is 5.32 Å². The van der Waals surface area contributed by atoms with E-state index in [0.29, 0.717) is 6.42 Å². The van der Waals surface area contributed by atoms with E-state index in [-0.39, 0.29) is 5.91 Å². The fourth-order valence-corrected chi connectivity index (χ4v) is 0.532. The zero-order valence-electron chi connectivity index (χ0n) is 5.85. The third-order valence-electron chi connectivity index (χ3n) is 0.847. The first-order valence-electron chi connectivity index (χ1n) is 3.14. The van der Waals surface area contributed by atoms with E-state index in [0.717, 1.165) is 6.42 Å². The third-order valence-corrected chi connectivity index (χ3v) is 0.847. The summed E-state index contributed by atoms with van der Waals surface area (Å²) < 4.78 is 0. The molecule has 0 spiro atoms. The van der Waals surface area contributed by atoms with Crippen LogP contribution in [-0.4, -0.2) is 17.2 Å². The Morgan fingerprint density at radius 2 is 2.33 bits per heavy atom. The normalized spacial score (nSPS) is 12.8. The molecule has 0 aromatic carbocycles. The number of hydrogen-bond donors (Lipinski definition) is 2. The Kier molecular flexibility index (Phi) is 4.05. The molecule has 0 aliphatic heterocycles. The summed E-state index contributed by atoms with van der Waals surface area (Å²) in [7, 11) is 0. The van der Waals surface area contributed by atoms with Gasteiger partial charge >= 0.3 is 0 Å². The molecule has 1 unspecified atom stereocenters. The lowest BCUT2D eigenvalue weighted by Gasteiger charge is -2.04. The first kappa shape index (κ1) is 8.43. The van der Waals surface area contributed by atoms with Crippen molar-refractivity contribution < 1.29 is 9.90 Å². The summed E-state index contributed by atoms with van der Waals surface area (Å²) in [6, 6.07) is 0. The Labute approximate surface area is 55.1 Å². The molecule has 2 N–H and O–H groups in total. The highest BCUT2D eigenvalue weighted by Crippen LogP contribution is 1.85. The number of nitrogens with one attached hydrogen (secondary N) is 1. The van der Waals surface area contributed by atoms with Crippen molar-refractivity contribution in [1.29, 1.82) is 0 Å². The van der Waals surface area contributed by atoms with E-state index in [2.05, 4.69) is 5.32 Å². The van der Waals surface area contributed by atoms with Crippen molar-refractivity contribution in [2.75, 3.05) is 0 Å². The fraction of sp³-hybridized carbons (Fsp3) is 0.833. The lowest BCUT2D eigenvalue weighted by Crippen LogP contribution is -2.31. The molecule has 3 nitrogen and oxygen atoms in total. The Morgan fingerprint density at radius 3 is 2.67 bits per heavy atom. The van der Waals surface area contributed by atoms with Crippen LogP contribution in [0.5, 0.6) is 0 Å². The molecular formula is C6H13NO2. The minimum Gasteiger partial charge on any atom is -0.374 e. The first-order valence-corrected chi connectivity index (χ1v) is 3.14. The summed E-state index contributed by atoms with van der Waals surface area (Å²) in [6.07, 6.45) is 0.591. The van der Waals surface area contributed by atoms with Gasteiger partial charge in [0, 0.05) is 6.42 Å². The quantitative estimate of drug-likeness (QED) is 0.539. The van der Waals surface area contributed by atoms with Crippen molar-refractivity contribution in [3.05, 3.63) is 0 Å². The molecule has 0 radical (unpaired) electrons. The van der Waals surface area contributed by atoms with E-state index in [9.17, 15) is 4.79 Å². The Balaban J connectivity index is 3.27. The average Bonchev–Trinajstić information content (AvgIpc) is 1.63. The van der Waals surface area contributed by atoms with Crippen molar-refractivity contribution >= 4 is 5.91 Å². The standard InChI is InChI=1S/C6H13NO2/c1-3-4-6(9)7-5(2)8/h5,8H,3-4H2,1-2H3,(H,7,9). The van der Waals surface area contributed by atoms with Gasteiger partial charge in [-0.2, -0.15) is 0 Å². The lowest BCUT2D eigenvalue weighted by molar-refractivity contribution is -0.123. The van der Waals surface area contributed by atoms with Crippen LogP contribution in [0.1, 0.15) is 26.7 Å². The monoisotopic (exact) mass is 131 g/mol. The van der Waals surface area contributed by atoms with Gasteiger partial charge in [-0.3, -0.25) is 4.79 Å². The fourth-order valence-electron chi connectivity index (χ4n) is 0.532. The average molecular weight is 131 g/mol. The van der Waals surface area contributed by atoms with Crippen LogP contribution in [0.2, 0.25) is 0 Å². The molecule has 0 rings (SSSR count). The van der Waals surface area contributed by atoms with Crippen LogP contribution in [0.15, 0.2) is 0 Å². The number of amides is 1. The summed E-state index contributed by atoms with van der Waals surface area (Å²) in [4.78, 5) is 10.6. The highest BCUT2D eigenvalue weighted by molar-refractivity contribution is 5.75. The molecule has 0 fully saturated rings.